The van der Waals surface area contributed by atoms with Crippen LogP contribution in [-0.4, -0.2) is 43.9 Å². The molecule has 2 heterocycles. The van der Waals surface area contributed by atoms with Gasteiger partial charge in [0, 0.05) is 18.5 Å². The third-order valence-electron chi connectivity index (χ3n) is 6.24. The summed E-state index contributed by atoms with van der Waals surface area (Å²) in [6, 6.07) is 6.46. The fourth-order valence-electron chi connectivity index (χ4n) is 4.16. The van der Waals surface area contributed by atoms with Gasteiger partial charge in [-0.25, -0.2) is 4.39 Å². The van der Waals surface area contributed by atoms with Crippen molar-refractivity contribution in [3.8, 4) is 11.5 Å². The second-order valence-electron chi connectivity index (χ2n) is 8.81. The Bertz CT molecular complexity index is 1590. The van der Waals surface area contributed by atoms with Gasteiger partial charge < -0.3 is 25.5 Å². The van der Waals surface area contributed by atoms with E-state index in [4.69, 9.17) is 4.74 Å². The first-order chi connectivity index (χ1) is 17.2. The highest BCUT2D eigenvalue weighted by atomic mass is 32.2. The lowest BCUT2D eigenvalue weighted by atomic mass is 10.0. The Morgan fingerprint density at radius 2 is 2.06 bits per heavy atom. The molecule has 0 unspecified atom stereocenters. The van der Waals surface area contributed by atoms with Crippen molar-refractivity contribution in [2.45, 2.75) is 30.6 Å². The van der Waals surface area contributed by atoms with Gasteiger partial charge in [-0.1, -0.05) is 12.8 Å². The van der Waals surface area contributed by atoms with Gasteiger partial charge in [0.1, 0.15) is 27.8 Å². The number of hydrogen-bond acceptors (Lipinski definition) is 7. The van der Waals surface area contributed by atoms with Crippen LogP contribution >= 0.6 is 0 Å². The van der Waals surface area contributed by atoms with Gasteiger partial charge in [-0.2, -0.15) is 8.42 Å². The standard InChI is InChI=1S/C24H23FN4O6S/c1-26-19(30)11-35-15-6-7-17-18(10-15)36(33,34)29-23(27-17)20-22(31)16-9-14(25)8-13(5-4-12-2-3-12)21(16)28-24(20)32/h6-10,12H,2-5,11H2,1H3,(H,26,30)(H,27,29)(H2,28,31,32). The van der Waals surface area contributed by atoms with Crippen LogP contribution in [0.3, 0.4) is 0 Å². The van der Waals surface area contributed by atoms with Crippen molar-refractivity contribution in [2.24, 2.45) is 10.3 Å². The molecular formula is C24H23FN4O6S. The number of nitrogens with zero attached hydrogens (tertiary/aromatic N) is 1. The number of H-pyrrole nitrogens is 1. The second-order valence-corrected chi connectivity index (χ2v) is 10.4. The number of amides is 1. The molecule has 0 bridgehead atoms. The van der Waals surface area contributed by atoms with Crippen molar-refractivity contribution in [2.75, 3.05) is 19.0 Å². The Hall–Kier alpha value is -3.93. The molecule has 4 N–H and O–H groups in total. The zero-order chi connectivity index (χ0) is 25.6. The quantitative estimate of drug-likeness (QED) is 0.378. The summed E-state index contributed by atoms with van der Waals surface area (Å²) in [5, 5.41) is 16.2. The number of carbonyl (C=O) groups excluding carboxylic acids is 1. The first kappa shape index (κ1) is 23.8. The maximum atomic E-state index is 14.4. The van der Waals surface area contributed by atoms with Crippen molar-refractivity contribution < 1.29 is 27.4 Å². The predicted octanol–water partition coefficient (Wildman–Crippen LogP) is 2.40. The normalized spacial score (nSPS) is 16.1. The number of amidine groups is 1. The Kier molecular flexibility index (Phi) is 5.91. The molecule has 1 amide bonds. The number of aromatic amines is 1. The minimum Gasteiger partial charge on any atom is -0.506 e. The number of carbonyl (C=O) groups is 1. The number of ether oxygens (including phenoxy) is 1. The van der Waals surface area contributed by atoms with Gasteiger partial charge in [-0.3, -0.25) is 9.59 Å². The summed E-state index contributed by atoms with van der Waals surface area (Å²) in [5.41, 5.74) is -0.224. The average Bonchev–Trinajstić information content (AvgIpc) is 3.66. The Balaban J connectivity index is 1.54. The van der Waals surface area contributed by atoms with E-state index in [-0.39, 0.29) is 28.3 Å². The molecule has 3 aromatic rings. The molecule has 1 saturated carbocycles. The molecule has 0 atom stereocenters. The van der Waals surface area contributed by atoms with E-state index in [1.807, 2.05) is 0 Å². The molecule has 36 heavy (non-hydrogen) atoms. The van der Waals surface area contributed by atoms with E-state index in [0.717, 1.165) is 25.3 Å². The zero-order valence-electron chi connectivity index (χ0n) is 19.2. The number of nitrogens with one attached hydrogen (secondary N) is 3. The van der Waals surface area contributed by atoms with Gasteiger partial charge in [0.05, 0.1) is 11.2 Å². The Labute approximate surface area is 205 Å². The molecule has 0 radical (unpaired) electrons. The summed E-state index contributed by atoms with van der Waals surface area (Å²) in [6.45, 7) is -0.309. The van der Waals surface area contributed by atoms with Gasteiger partial charge in [0.25, 0.3) is 21.5 Å². The van der Waals surface area contributed by atoms with Gasteiger partial charge in [-0.15, -0.1) is 4.40 Å². The van der Waals surface area contributed by atoms with Crippen molar-refractivity contribution >= 4 is 38.4 Å². The second kappa shape index (κ2) is 8.94. The third kappa shape index (κ3) is 4.51. The molecule has 2 aliphatic rings. The summed E-state index contributed by atoms with van der Waals surface area (Å²) in [6.07, 6.45) is 3.64. The summed E-state index contributed by atoms with van der Waals surface area (Å²) < 4.78 is 49.3. The van der Waals surface area contributed by atoms with Gasteiger partial charge in [0.15, 0.2) is 12.4 Å². The summed E-state index contributed by atoms with van der Waals surface area (Å²) >= 11 is 0. The molecule has 5 rings (SSSR count). The fraction of sp³-hybridized carbons (Fsp3) is 0.292. The van der Waals surface area contributed by atoms with Crippen LogP contribution in [0.1, 0.15) is 30.4 Å². The van der Waals surface area contributed by atoms with Crippen molar-refractivity contribution in [1.82, 2.24) is 10.3 Å². The third-order valence-corrected chi connectivity index (χ3v) is 7.56. The van der Waals surface area contributed by atoms with Crippen molar-refractivity contribution in [3.63, 3.8) is 0 Å². The minimum absolute atomic E-state index is 0.0565. The monoisotopic (exact) mass is 514 g/mol. The van der Waals surface area contributed by atoms with E-state index in [1.54, 1.807) is 0 Å². The lowest BCUT2D eigenvalue weighted by Crippen LogP contribution is -2.29. The van der Waals surface area contributed by atoms with Crippen LogP contribution in [0.2, 0.25) is 0 Å². The number of likely N-dealkylation sites (N-methyl/N-ethyl adjacent to an activating group) is 1. The number of halogens is 1. The van der Waals surface area contributed by atoms with Crippen LogP contribution in [0.15, 0.2) is 44.4 Å². The summed E-state index contributed by atoms with van der Waals surface area (Å²) in [5.74, 6) is -1.23. The fourth-order valence-corrected chi connectivity index (χ4v) is 5.29. The van der Waals surface area contributed by atoms with Crippen molar-refractivity contribution in [1.29, 1.82) is 0 Å². The van der Waals surface area contributed by atoms with E-state index in [0.29, 0.717) is 23.4 Å². The number of sulfonamides is 1. The number of aromatic nitrogens is 1. The number of hydrogen-bond donors (Lipinski definition) is 4. The Morgan fingerprint density at radius 1 is 1.28 bits per heavy atom. The van der Waals surface area contributed by atoms with Crippen LogP contribution < -0.4 is 20.9 Å². The number of rotatable bonds is 7. The van der Waals surface area contributed by atoms with Crippen LogP contribution in [0.5, 0.6) is 11.5 Å². The van der Waals surface area contributed by atoms with Crippen LogP contribution in [0.4, 0.5) is 10.1 Å². The van der Waals surface area contributed by atoms with Crippen LogP contribution in [0.25, 0.3) is 10.9 Å². The lowest BCUT2D eigenvalue weighted by Gasteiger charge is -2.20. The molecule has 0 saturated heterocycles. The SMILES string of the molecule is CNC(=O)COc1ccc2c(c1)S(=O)(=O)N=C(c1c(O)c3cc(F)cc(CCC4CC4)c3[nH]c1=O)N2. The number of aryl methyl sites for hydroxylation is 1. The molecule has 2 aromatic carbocycles. The molecule has 1 aliphatic heterocycles. The molecule has 1 fully saturated rings. The van der Waals surface area contributed by atoms with E-state index in [1.165, 1.54) is 31.3 Å². The maximum absolute atomic E-state index is 14.4. The predicted molar refractivity (Wildman–Crippen MR) is 131 cm³/mol. The number of pyridine rings is 1. The highest BCUT2D eigenvalue weighted by Crippen LogP contribution is 2.37. The lowest BCUT2D eigenvalue weighted by molar-refractivity contribution is -0.122. The molecule has 1 aromatic heterocycles. The molecule has 0 spiro atoms. The minimum atomic E-state index is -4.31. The zero-order valence-corrected chi connectivity index (χ0v) is 20.0. The van der Waals surface area contributed by atoms with Crippen LogP contribution in [0, 0.1) is 11.7 Å². The van der Waals surface area contributed by atoms with Gasteiger partial charge in [0.2, 0.25) is 0 Å². The molecule has 188 valence electrons. The smallest absolute Gasteiger partial charge is 0.286 e. The number of fused-ring (bicyclic) bond motifs is 2. The maximum Gasteiger partial charge on any atom is 0.286 e. The highest BCUT2D eigenvalue weighted by molar-refractivity contribution is 7.90. The number of anilines is 1. The number of benzene rings is 2. The van der Waals surface area contributed by atoms with E-state index >= 15 is 0 Å². The van der Waals surface area contributed by atoms with E-state index < -0.39 is 44.5 Å². The van der Waals surface area contributed by atoms with E-state index in [2.05, 4.69) is 20.0 Å². The summed E-state index contributed by atoms with van der Waals surface area (Å²) in [7, 11) is -2.87. The molecule has 12 heteroatoms. The molecular weight excluding hydrogens is 491 g/mol. The highest BCUT2D eigenvalue weighted by Gasteiger charge is 2.30. The number of aromatic hydroxyl groups is 1. The first-order valence-electron chi connectivity index (χ1n) is 11.3. The van der Waals surface area contributed by atoms with Gasteiger partial charge in [-0.05, 0) is 48.6 Å². The Morgan fingerprint density at radius 3 is 2.78 bits per heavy atom. The molecule has 1 aliphatic carbocycles. The van der Waals surface area contributed by atoms with E-state index in [9.17, 15) is 27.5 Å². The van der Waals surface area contributed by atoms with Crippen molar-refractivity contribution in [3.05, 3.63) is 57.6 Å². The summed E-state index contributed by atoms with van der Waals surface area (Å²) in [4.78, 5) is 26.9. The van der Waals surface area contributed by atoms with Crippen LogP contribution in [-0.2, 0) is 21.2 Å². The van der Waals surface area contributed by atoms with Gasteiger partial charge >= 0.3 is 0 Å². The first-order valence-corrected chi connectivity index (χ1v) is 12.8. The molecule has 10 nitrogen and oxygen atoms in total. The average molecular weight is 515 g/mol. The topological polar surface area (TPSA) is 150 Å². The largest absolute Gasteiger partial charge is 0.506 e.